The number of amides is 2. The van der Waals surface area contributed by atoms with Crippen LogP contribution in [0.2, 0.25) is 0 Å². The molecule has 0 saturated heterocycles. The van der Waals surface area contributed by atoms with Crippen molar-refractivity contribution in [2.24, 2.45) is 5.92 Å². The van der Waals surface area contributed by atoms with E-state index in [1.165, 1.54) is 11.4 Å². The summed E-state index contributed by atoms with van der Waals surface area (Å²) in [6.07, 6.45) is 0.928. The van der Waals surface area contributed by atoms with Crippen LogP contribution in [0.1, 0.15) is 45.6 Å². The van der Waals surface area contributed by atoms with Crippen molar-refractivity contribution in [1.82, 2.24) is 14.5 Å². The van der Waals surface area contributed by atoms with Crippen LogP contribution in [0.25, 0.3) is 0 Å². The number of ether oxygens (including phenoxy) is 1. The monoisotopic (exact) mass is 517 g/mol. The van der Waals surface area contributed by atoms with Gasteiger partial charge in [0.1, 0.15) is 11.8 Å². The Morgan fingerprint density at radius 3 is 2.22 bits per heavy atom. The fraction of sp³-hybridized carbons (Fsp3) is 0.481. The number of sulfonamides is 1. The highest BCUT2D eigenvalue weighted by atomic mass is 32.2. The van der Waals surface area contributed by atoms with Crippen LogP contribution in [0.15, 0.2) is 59.5 Å². The van der Waals surface area contributed by atoms with Crippen molar-refractivity contribution >= 4 is 21.8 Å². The van der Waals surface area contributed by atoms with E-state index in [4.69, 9.17) is 4.74 Å². The fourth-order valence-corrected chi connectivity index (χ4v) is 4.99. The van der Waals surface area contributed by atoms with E-state index in [1.54, 1.807) is 42.3 Å². The van der Waals surface area contributed by atoms with Gasteiger partial charge in [-0.2, -0.15) is 0 Å². The van der Waals surface area contributed by atoms with Crippen molar-refractivity contribution in [3.63, 3.8) is 0 Å². The van der Waals surface area contributed by atoms with E-state index < -0.39 is 16.1 Å². The number of hydrogen-bond donors (Lipinski definition) is 1. The number of methoxy groups -OCH3 is 1. The molecule has 2 rings (SSSR count). The number of nitrogens with one attached hydrogen (secondary N) is 1. The van der Waals surface area contributed by atoms with Crippen LogP contribution in [-0.4, -0.2) is 62.7 Å². The lowest BCUT2D eigenvalue weighted by atomic mass is 10.1. The number of carbonyl (C=O) groups is 2. The van der Waals surface area contributed by atoms with Crippen LogP contribution in [0.5, 0.6) is 5.75 Å². The summed E-state index contributed by atoms with van der Waals surface area (Å²) in [4.78, 5) is 28.2. The molecule has 1 N–H and O–H groups in total. The molecule has 0 aliphatic heterocycles. The molecular weight excluding hydrogens is 478 g/mol. The quantitative estimate of drug-likeness (QED) is 0.413. The zero-order chi connectivity index (χ0) is 26.7. The highest BCUT2D eigenvalue weighted by Gasteiger charge is 2.29. The summed E-state index contributed by atoms with van der Waals surface area (Å²) in [5.41, 5.74) is 0.878. The summed E-state index contributed by atoms with van der Waals surface area (Å²) in [6.45, 7) is 6.91. The van der Waals surface area contributed by atoms with E-state index in [9.17, 15) is 18.0 Å². The Bertz CT molecular complexity index is 1070. The SMILES string of the molecule is CC[C@H](C(=O)NCC(C)C)N(Cc1ccc(OC)cc1)C(=O)CCCN(C)S(=O)(=O)c1ccccc1. The van der Waals surface area contributed by atoms with E-state index >= 15 is 0 Å². The zero-order valence-electron chi connectivity index (χ0n) is 21.9. The van der Waals surface area contributed by atoms with Gasteiger partial charge in [-0.25, -0.2) is 12.7 Å². The molecule has 1 atom stereocenters. The predicted molar refractivity (Wildman–Crippen MR) is 141 cm³/mol. The molecule has 0 heterocycles. The molecule has 0 saturated carbocycles. The third kappa shape index (κ3) is 8.34. The molecule has 36 heavy (non-hydrogen) atoms. The Balaban J connectivity index is 2.13. The summed E-state index contributed by atoms with van der Waals surface area (Å²) in [7, 11) is -0.530. The van der Waals surface area contributed by atoms with Gasteiger partial charge in [-0.05, 0) is 48.6 Å². The topological polar surface area (TPSA) is 96.0 Å². The molecule has 2 amide bonds. The Morgan fingerprint density at radius 1 is 1.03 bits per heavy atom. The normalized spacial score (nSPS) is 12.4. The van der Waals surface area contributed by atoms with Crippen LogP contribution in [0, 0.1) is 5.92 Å². The van der Waals surface area contributed by atoms with Crippen molar-refractivity contribution in [2.45, 2.75) is 57.5 Å². The number of hydrogen-bond acceptors (Lipinski definition) is 5. The molecule has 0 bridgehead atoms. The van der Waals surface area contributed by atoms with Crippen molar-refractivity contribution in [2.75, 3.05) is 27.2 Å². The number of benzene rings is 2. The van der Waals surface area contributed by atoms with Gasteiger partial charge in [0.25, 0.3) is 0 Å². The van der Waals surface area contributed by atoms with Gasteiger partial charge in [0.2, 0.25) is 21.8 Å². The smallest absolute Gasteiger partial charge is 0.242 e. The predicted octanol–water partition coefficient (Wildman–Crippen LogP) is 3.68. The van der Waals surface area contributed by atoms with Crippen LogP contribution < -0.4 is 10.1 Å². The molecule has 0 spiro atoms. The average molecular weight is 518 g/mol. The van der Waals surface area contributed by atoms with Crippen molar-refractivity contribution in [1.29, 1.82) is 0 Å². The Labute approximate surface area is 215 Å². The largest absolute Gasteiger partial charge is 0.497 e. The lowest BCUT2D eigenvalue weighted by Crippen LogP contribution is -2.49. The Morgan fingerprint density at radius 2 is 1.67 bits per heavy atom. The zero-order valence-corrected chi connectivity index (χ0v) is 22.8. The first-order valence-corrected chi connectivity index (χ1v) is 13.8. The molecule has 0 fully saturated rings. The van der Waals surface area contributed by atoms with Gasteiger partial charge in [-0.3, -0.25) is 9.59 Å². The van der Waals surface area contributed by atoms with Crippen LogP contribution in [0.3, 0.4) is 0 Å². The summed E-state index contributed by atoms with van der Waals surface area (Å²) in [5, 5.41) is 2.94. The summed E-state index contributed by atoms with van der Waals surface area (Å²) in [6, 6.07) is 15.0. The minimum atomic E-state index is -3.63. The maximum Gasteiger partial charge on any atom is 0.242 e. The minimum absolute atomic E-state index is 0.124. The molecule has 9 heteroatoms. The molecule has 2 aromatic rings. The Kier molecular flexibility index (Phi) is 11.4. The second kappa shape index (κ2) is 14.0. The average Bonchev–Trinajstić information content (AvgIpc) is 2.87. The van der Waals surface area contributed by atoms with Crippen molar-refractivity contribution in [3.05, 3.63) is 60.2 Å². The third-order valence-corrected chi connectivity index (χ3v) is 7.77. The van der Waals surface area contributed by atoms with E-state index in [0.717, 1.165) is 5.56 Å². The maximum absolute atomic E-state index is 13.4. The molecule has 0 aromatic heterocycles. The molecule has 0 aliphatic rings. The highest BCUT2D eigenvalue weighted by molar-refractivity contribution is 7.89. The third-order valence-electron chi connectivity index (χ3n) is 5.90. The maximum atomic E-state index is 13.4. The van der Waals surface area contributed by atoms with Gasteiger partial charge in [0.05, 0.1) is 12.0 Å². The van der Waals surface area contributed by atoms with Crippen molar-refractivity contribution in [3.8, 4) is 5.75 Å². The van der Waals surface area contributed by atoms with E-state index in [0.29, 0.717) is 31.1 Å². The molecule has 0 aliphatic carbocycles. The standard InChI is InChI=1S/C27H39N3O5S/c1-6-25(27(32)28-19-21(2)3)30(20-22-14-16-23(35-5)17-15-22)26(31)13-10-18-29(4)36(33,34)24-11-8-7-9-12-24/h7-9,11-12,14-17,21,25H,6,10,13,18-20H2,1-5H3,(H,28,32)/t25-/m1/s1. The first-order chi connectivity index (χ1) is 17.1. The van der Waals surface area contributed by atoms with Crippen LogP contribution in [0.4, 0.5) is 0 Å². The first-order valence-electron chi connectivity index (χ1n) is 12.3. The second-order valence-electron chi connectivity index (χ2n) is 9.18. The molecule has 0 unspecified atom stereocenters. The molecule has 2 aromatic carbocycles. The van der Waals surface area contributed by atoms with Crippen LogP contribution in [-0.2, 0) is 26.2 Å². The lowest BCUT2D eigenvalue weighted by molar-refractivity contribution is -0.141. The molecule has 198 valence electrons. The van der Waals surface area contributed by atoms with E-state index in [-0.39, 0.29) is 36.2 Å². The summed E-state index contributed by atoms with van der Waals surface area (Å²) < 4.78 is 32.0. The van der Waals surface area contributed by atoms with Crippen molar-refractivity contribution < 1.29 is 22.7 Å². The van der Waals surface area contributed by atoms with Crippen LogP contribution >= 0.6 is 0 Å². The number of carbonyl (C=O) groups excluding carboxylic acids is 2. The van der Waals surface area contributed by atoms with E-state index in [1.807, 2.05) is 45.0 Å². The second-order valence-corrected chi connectivity index (χ2v) is 11.2. The van der Waals surface area contributed by atoms with E-state index in [2.05, 4.69) is 5.32 Å². The highest BCUT2D eigenvalue weighted by Crippen LogP contribution is 2.18. The fourth-order valence-electron chi connectivity index (χ4n) is 3.76. The molecule has 0 radical (unpaired) electrons. The van der Waals surface area contributed by atoms with Gasteiger partial charge in [0.15, 0.2) is 0 Å². The molecule has 8 nitrogen and oxygen atoms in total. The number of nitrogens with zero attached hydrogens (tertiary/aromatic N) is 2. The van der Waals surface area contributed by atoms with Gasteiger partial charge in [-0.15, -0.1) is 0 Å². The van der Waals surface area contributed by atoms with Gasteiger partial charge < -0.3 is 15.0 Å². The van der Waals surface area contributed by atoms with Gasteiger partial charge >= 0.3 is 0 Å². The summed E-state index contributed by atoms with van der Waals surface area (Å²) >= 11 is 0. The molecular formula is C27H39N3O5S. The first kappa shape index (κ1) is 29.3. The van der Waals surface area contributed by atoms with Gasteiger partial charge in [-0.1, -0.05) is 51.1 Å². The summed E-state index contributed by atoms with van der Waals surface area (Å²) in [5.74, 6) is 0.625. The number of rotatable bonds is 14. The minimum Gasteiger partial charge on any atom is -0.497 e. The Hall–Kier alpha value is -2.91. The lowest BCUT2D eigenvalue weighted by Gasteiger charge is -2.31. The van der Waals surface area contributed by atoms with Gasteiger partial charge in [0, 0.05) is 33.1 Å².